The molecule has 1 atom stereocenters. The van der Waals surface area contributed by atoms with E-state index in [1.54, 1.807) is 6.92 Å². The molecule has 0 spiro atoms. The van der Waals surface area contributed by atoms with E-state index >= 15 is 0 Å². The number of aliphatic carboxylic acids is 1. The molecule has 0 saturated carbocycles. The first-order valence-electron chi connectivity index (χ1n) is 6.54. The molecule has 0 rings (SSSR count). The Labute approximate surface area is 120 Å². The molecule has 7 nitrogen and oxygen atoms in total. The van der Waals surface area contributed by atoms with E-state index in [1.165, 1.54) is 4.90 Å². The fourth-order valence-corrected chi connectivity index (χ4v) is 2.52. The van der Waals surface area contributed by atoms with Crippen molar-refractivity contribution in [3.63, 3.8) is 0 Å². The molecule has 20 heavy (non-hydrogen) atoms. The van der Waals surface area contributed by atoms with Crippen LogP contribution in [0.25, 0.3) is 0 Å². The maximum absolute atomic E-state index is 12.3. The minimum Gasteiger partial charge on any atom is -0.481 e. The number of sulfonamides is 1. The van der Waals surface area contributed by atoms with Gasteiger partial charge in [-0.1, -0.05) is 13.8 Å². The molecule has 0 heterocycles. The number of hydrogen-bond acceptors (Lipinski definition) is 4. The molecular weight excluding hydrogens is 284 g/mol. The van der Waals surface area contributed by atoms with E-state index in [4.69, 9.17) is 5.11 Å². The van der Waals surface area contributed by atoms with Crippen LogP contribution in [0.5, 0.6) is 0 Å². The zero-order chi connectivity index (χ0) is 15.9. The Balaban J connectivity index is 4.93. The van der Waals surface area contributed by atoms with Crippen LogP contribution in [0.1, 0.15) is 33.6 Å². The number of carboxylic acid groups (broad SMARTS) is 1. The van der Waals surface area contributed by atoms with Crippen molar-refractivity contribution in [1.29, 1.82) is 0 Å². The van der Waals surface area contributed by atoms with E-state index in [0.717, 1.165) is 6.26 Å². The van der Waals surface area contributed by atoms with Gasteiger partial charge in [-0.3, -0.25) is 9.59 Å². The topological polar surface area (TPSA) is 104 Å². The van der Waals surface area contributed by atoms with Gasteiger partial charge in [0.05, 0.1) is 12.7 Å². The van der Waals surface area contributed by atoms with Crippen molar-refractivity contribution < 1.29 is 23.1 Å². The molecule has 1 unspecified atom stereocenters. The predicted molar refractivity (Wildman–Crippen MR) is 75.7 cm³/mol. The van der Waals surface area contributed by atoms with Gasteiger partial charge in [0, 0.05) is 13.1 Å². The summed E-state index contributed by atoms with van der Waals surface area (Å²) in [4.78, 5) is 24.2. The van der Waals surface area contributed by atoms with Crippen molar-refractivity contribution in [1.82, 2.24) is 9.62 Å². The number of hydrogen-bond donors (Lipinski definition) is 2. The number of likely N-dealkylation sites (N-methyl/N-ethyl adjacent to an activating group) is 1. The van der Waals surface area contributed by atoms with Gasteiger partial charge >= 0.3 is 5.97 Å². The fourth-order valence-electron chi connectivity index (χ4n) is 1.80. The summed E-state index contributed by atoms with van der Waals surface area (Å²) in [5.41, 5.74) is 0. The Hall–Kier alpha value is -1.15. The zero-order valence-corrected chi connectivity index (χ0v) is 13.2. The van der Waals surface area contributed by atoms with Gasteiger partial charge in [-0.05, 0) is 19.3 Å². The van der Waals surface area contributed by atoms with Crippen molar-refractivity contribution in [2.24, 2.45) is 5.92 Å². The quantitative estimate of drug-likeness (QED) is 0.636. The van der Waals surface area contributed by atoms with Gasteiger partial charge in [-0.2, -0.15) is 0 Å². The minimum atomic E-state index is -3.50. The summed E-state index contributed by atoms with van der Waals surface area (Å²) in [6.45, 7) is 5.92. The van der Waals surface area contributed by atoms with Crippen molar-refractivity contribution in [2.75, 3.05) is 19.3 Å². The second-order valence-electron chi connectivity index (χ2n) is 5.13. The molecule has 118 valence electrons. The van der Waals surface area contributed by atoms with Crippen LogP contribution in [0.3, 0.4) is 0 Å². The van der Waals surface area contributed by atoms with Crippen molar-refractivity contribution in [3.05, 3.63) is 0 Å². The molecule has 0 aliphatic heterocycles. The summed E-state index contributed by atoms with van der Waals surface area (Å²) >= 11 is 0. The SMILES string of the molecule is CCN(CCC(=O)O)C(=O)C(CC(C)C)NS(C)(=O)=O. The number of nitrogens with one attached hydrogen (secondary N) is 1. The number of rotatable bonds is 9. The number of carbonyl (C=O) groups is 2. The Kier molecular flexibility index (Phi) is 7.74. The Morgan fingerprint density at radius 3 is 2.20 bits per heavy atom. The van der Waals surface area contributed by atoms with Crippen LogP contribution >= 0.6 is 0 Å². The van der Waals surface area contributed by atoms with Crippen LogP contribution < -0.4 is 4.72 Å². The molecule has 0 aromatic carbocycles. The molecule has 0 radical (unpaired) electrons. The summed E-state index contributed by atoms with van der Waals surface area (Å²) in [6.07, 6.45) is 1.21. The van der Waals surface area contributed by atoms with Gasteiger partial charge in [0.25, 0.3) is 0 Å². The first-order valence-corrected chi connectivity index (χ1v) is 8.43. The normalized spacial score (nSPS) is 13.2. The highest BCUT2D eigenvalue weighted by atomic mass is 32.2. The number of carboxylic acids is 1. The van der Waals surface area contributed by atoms with E-state index in [9.17, 15) is 18.0 Å². The molecule has 2 N–H and O–H groups in total. The van der Waals surface area contributed by atoms with E-state index in [1.807, 2.05) is 13.8 Å². The number of amides is 1. The van der Waals surface area contributed by atoms with Crippen LogP contribution in [-0.2, 0) is 19.6 Å². The van der Waals surface area contributed by atoms with Crippen molar-refractivity contribution in [2.45, 2.75) is 39.7 Å². The Morgan fingerprint density at radius 2 is 1.85 bits per heavy atom. The Bertz CT molecular complexity index is 433. The summed E-state index contributed by atoms with van der Waals surface area (Å²) in [7, 11) is -3.50. The van der Waals surface area contributed by atoms with Gasteiger partial charge in [0.2, 0.25) is 15.9 Å². The average molecular weight is 308 g/mol. The summed E-state index contributed by atoms with van der Waals surface area (Å²) in [5, 5.41) is 8.66. The monoisotopic (exact) mass is 308 g/mol. The van der Waals surface area contributed by atoms with Crippen molar-refractivity contribution in [3.8, 4) is 0 Å². The predicted octanol–water partition coefficient (Wildman–Crippen LogP) is 0.274. The first kappa shape index (κ1) is 18.9. The molecule has 0 aliphatic rings. The van der Waals surface area contributed by atoms with Crippen LogP contribution in [-0.4, -0.2) is 55.7 Å². The highest BCUT2D eigenvalue weighted by Crippen LogP contribution is 2.09. The van der Waals surface area contributed by atoms with Crippen molar-refractivity contribution >= 4 is 21.9 Å². The van der Waals surface area contributed by atoms with Crippen LogP contribution in [0.2, 0.25) is 0 Å². The van der Waals surface area contributed by atoms with Crippen LogP contribution in [0.4, 0.5) is 0 Å². The van der Waals surface area contributed by atoms with E-state index in [-0.39, 0.29) is 24.8 Å². The molecule has 0 fully saturated rings. The smallest absolute Gasteiger partial charge is 0.305 e. The molecule has 1 amide bonds. The van der Waals surface area contributed by atoms with E-state index < -0.39 is 22.0 Å². The molecular formula is C12H24N2O5S. The molecule has 0 saturated heterocycles. The summed E-state index contributed by atoms with van der Waals surface area (Å²) in [6, 6.07) is -0.848. The third-order valence-electron chi connectivity index (χ3n) is 2.65. The number of nitrogens with zero attached hydrogens (tertiary/aromatic N) is 1. The Morgan fingerprint density at radius 1 is 1.30 bits per heavy atom. The third kappa shape index (κ3) is 8.11. The molecule has 8 heteroatoms. The summed E-state index contributed by atoms with van der Waals surface area (Å²) in [5.74, 6) is -1.24. The van der Waals surface area contributed by atoms with Gasteiger partial charge < -0.3 is 10.0 Å². The standard InChI is InChI=1S/C12H24N2O5S/c1-5-14(7-6-11(15)16)12(17)10(8-9(2)3)13-20(4,18)19/h9-10,13H,5-8H2,1-4H3,(H,15,16). The third-order valence-corrected chi connectivity index (χ3v) is 3.36. The molecule has 0 bridgehead atoms. The van der Waals surface area contributed by atoms with Crippen LogP contribution in [0.15, 0.2) is 0 Å². The lowest BCUT2D eigenvalue weighted by Gasteiger charge is -2.27. The second-order valence-corrected chi connectivity index (χ2v) is 6.91. The largest absolute Gasteiger partial charge is 0.481 e. The van der Waals surface area contributed by atoms with Gasteiger partial charge in [0.15, 0.2) is 0 Å². The summed E-state index contributed by atoms with van der Waals surface area (Å²) < 4.78 is 25.0. The lowest BCUT2D eigenvalue weighted by molar-refractivity contribution is -0.139. The number of carbonyl (C=O) groups excluding carboxylic acids is 1. The molecule has 0 aromatic heterocycles. The van der Waals surface area contributed by atoms with Gasteiger partial charge in [0.1, 0.15) is 6.04 Å². The zero-order valence-electron chi connectivity index (χ0n) is 12.4. The van der Waals surface area contributed by atoms with E-state index in [2.05, 4.69) is 4.72 Å². The lowest BCUT2D eigenvalue weighted by Crippen LogP contribution is -2.49. The minimum absolute atomic E-state index is 0.0741. The molecule has 0 aliphatic carbocycles. The van der Waals surface area contributed by atoms with Gasteiger partial charge in [-0.25, -0.2) is 13.1 Å². The maximum atomic E-state index is 12.3. The highest BCUT2D eigenvalue weighted by Gasteiger charge is 2.27. The molecule has 0 aromatic rings. The maximum Gasteiger partial charge on any atom is 0.305 e. The second kappa shape index (κ2) is 8.21. The fraction of sp³-hybridized carbons (Fsp3) is 0.833. The van der Waals surface area contributed by atoms with Gasteiger partial charge in [-0.15, -0.1) is 0 Å². The van der Waals surface area contributed by atoms with Crippen LogP contribution in [0, 0.1) is 5.92 Å². The highest BCUT2D eigenvalue weighted by molar-refractivity contribution is 7.88. The first-order chi connectivity index (χ1) is 9.06. The lowest BCUT2D eigenvalue weighted by atomic mass is 10.0. The van der Waals surface area contributed by atoms with E-state index in [0.29, 0.717) is 13.0 Å². The average Bonchev–Trinajstić information content (AvgIpc) is 2.25.